The van der Waals surface area contributed by atoms with E-state index >= 15 is 0 Å². The van der Waals surface area contributed by atoms with Crippen LogP contribution in [0, 0.1) is 5.92 Å². The second-order valence-electron chi connectivity index (χ2n) is 5.66. The Labute approximate surface area is 147 Å². The molecule has 1 atom stereocenters. The van der Waals surface area contributed by atoms with Crippen molar-refractivity contribution >= 4 is 27.5 Å². The molecular formula is C16H21ClN2O4S. The van der Waals surface area contributed by atoms with Crippen molar-refractivity contribution in [1.29, 1.82) is 0 Å². The molecule has 0 aromatic heterocycles. The number of piperidine rings is 1. The van der Waals surface area contributed by atoms with Gasteiger partial charge in [-0.3, -0.25) is 4.79 Å². The third-order valence-electron chi connectivity index (χ3n) is 3.99. The zero-order chi connectivity index (χ0) is 17.7. The van der Waals surface area contributed by atoms with E-state index in [1.807, 2.05) is 0 Å². The number of nitrogens with zero attached hydrogens (tertiary/aromatic N) is 1. The van der Waals surface area contributed by atoms with Crippen LogP contribution in [0.2, 0.25) is 5.02 Å². The van der Waals surface area contributed by atoms with Crippen LogP contribution < -0.4 is 9.46 Å². The molecule has 8 heteroatoms. The van der Waals surface area contributed by atoms with Gasteiger partial charge in [-0.15, -0.1) is 0 Å². The highest BCUT2D eigenvalue weighted by Crippen LogP contribution is 2.26. The van der Waals surface area contributed by atoms with Gasteiger partial charge in [0.2, 0.25) is 10.0 Å². The smallest absolute Gasteiger partial charge is 0.257 e. The van der Waals surface area contributed by atoms with E-state index in [0.29, 0.717) is 29.4 Å². The second kappa shape index (κ2) is 8.00. The Morgan fingerprint density at radius 1 is 1.54 bits per heavy atom. The number of amides is 1. The summed E-state index contributed by atoms with van der Waals surface area (Å²) in [6.07, 6.45) is 1.67. The Bertz CT molecular complexity index is 721. The summed E-state index contributed by atoms with van der Waals surface area (Å²) in [4.78, 5) is 14.5. The summed E-state index contributed by atoms with van der Waals surface area (Å²) in [5, 5.41) is 1.35. The zero-order valence-electron chi connectivity index (χ0n) is 13.5. The molecule has 2 rings (SSSR count). The quantitative estimate of drug-likeness (QED) is 0.831. The van der Waals surface area contributed by atoms with Gasteiger partial charge < -0.3 is 9.64 Å². The molecule has 0 bridgehead atoms. The number of hydrogen-bond donors (Lipinski definition) is 1. The molecule has 0 radical (unpaired) electrons. The molecule has 1 saturated heterocycles. The van der Waals surface area contributed by atoms with E-state index in [0.717, 1.165) is 18.2 Å². The van der Waals surface area contributed by atoms with E-state index in [1.54, 1.807) is 23.1 Å². The fourth-order valence-corrected chi connectivity index (χ4v) is 3.48. The Morgan fingerprint density at radius 2 is 2.29 bits per heavy atom. The first-order valence-electron chi connectivity index (χ1n) is 7.61. The highest BCUT2D eigenvalue weighted by molar-refractivity contribution is 7.92. The summed E-state index contributed by atoms with van der Waals surface area (Å²) in [7, 11) is -1.95. The topological polar surface area (TPSA) is 75.7 Å². The number of methoxy groups -OCH3 is 1. The highest BCUT2D eigenvalue weighted by Gasteiger charge is 2.27. The largest absolute Gasteiger partial charge is 0.496 e. The molecule has 0 saturated carbocycles. The van der Waals surface area contributed by atoms with E-state index in [2.05, 4.69) is 11.3 Å². The molecule has 1 amide bonds. The Hall–Kier alpha value is -1.57. The molecule has 132 valence electrons. The van der Waals surface area contributed by atoms with Crippen LogP contribution in [0.25, 0.3) is 0 Å². The summed E-state index contributed by atoms with van der Waals surface area (Å²) in [6, 6.07) is 4.92. The van der Waals surface area contributed by atoms with Crippen LogP contribution in [-0.2, 0) is 10.0 Å². The van der Waals surface area contributed by atoms with Crippen molar-refractivity contribution in [3.05, 3.63) is 40.8 Å². The number of carbonyl (C=O) groups excluding carboxylic acids is 1. The number of halogens is 1. The lowest BCUT2D eigenvalue weighted by Crippen LogP contribution is -2.43. The molecule has 1 aromatic carbocycles. The van der Waals surface area contributed by atoms with Crippen molar-refractivity contribution < 1.29 is 17.9 Å². The molecule has 1 aromatic rings. The summed E-state index contributed by atoms with van der Waals surface area (Å²) in [5.41, 5.74) is 0.414. The first-order valence-corrected chi connectivity index (χ1v) is 9.53. The number of hydrogen-bond acceptors (Lipinski definition) is 4. The maximum absolute atomic E-state index is 12.8. The number of nitrogens with one attached hydrogen (secondary N) is 1. The fourth-order valence-electron chi connectivity index (χ4n) is 2.73. The van der Waals surface area contributed by atoms with Crippen molar-refractivity contribution in [3.8, 4) is 5.75 Å². The molecule has 6 nitrogen and oxygen atoms in total. The molecule has 1 unspecified atom stereocenters. The van der Waals surface area contributed by atoms with Gasteiger partial charge in [-0.25, -0.2) is 13.1 Å². The fraction of sp³-hybridized carbons (Fsp3) is 0.438. The number of benzene rings is 1. The lowest BCUT2D eigenvalue weighted by molar-refractivity contribution is 0.0673. The van der Waals surface area contributed by atoms with Crippen LogP contribution in [0.15, 0.2) is 30.2 Å². The van der Waals surface area contributed by atoms with Crippen LogP contribution in [0.1, 0.15) is 23.2 Å². The van der Waals surface area contributed by atoms with E-state index < -0.39 is 10.0 Å². The average molecular weight is 373 g/mol. The maximum Gasteiger partial charge on any atom is 0.257 e. The van der Waals surface area contributed by atoms with Crippen molar-refractivity contribution in [2.24, 2.45) is 5.92 Å². The lowest BCUT2D eigenvalue weighted by atomic mass is 9.97. The van der Waals surface area contributed by atoms with Gasteiger partial charge in [0.05, 0.1) is 12.7 Å². The minimum absolute atomic E-state index is 0.0580. The predicted octanol–water partition coefficient (Wildman–Crippen LogP) is 2.26. The standard InChI is InChI=1S/C16H21ClN2O4S/c1-3-24(21,22)18-10-12-5-4-8-19(11-12)16(20)14-9-13(17)6-7-15(14)23-2/h3,6-7,9,12,18H,1,4-5,8,10-11H2,2H3. The number of carbonyl (C=O) groups is 1. The van der Waals surface area contributed by atoms with Crippen LogP contribution >= 0.6 is 11.6 Å². The van der Waals surface area contributed by atoms with Gasteiger partial charge in [0.15, 0.2) is 0 Å². The Morgan fingerprint density at radius 3 is 2.96 bits per heavy atom. The molecule has 1 aliphatic rings. The second-order valence-corrected chi connectivity index (χ2v) is 7.81. The monoisotopic (exact) mass is 372 g/mol. The minimum Gasteiger partial charge on any atom is -0.496 e. The molecule has 0 spiro atoms. The molecule has 1 aliphatic heterocycles. The van der Waals surface area contributed by atoms with Gasteiger partial charge in [-0.1, -0.05) is 18.2 Å². The predicted molar refractivity (Wildman–Crippen MR) is 93.8 cm³/mol. The van der Waals surface area contributed by atoms with Gasteiger partial charge in [0.25, 0.3) is 5.91 Å². The number of sulfonamides is 1. The van der Waals surface area contributed by atoms with Gasteiger partial charge in [0, 0.05) is 30.1 Å². The van der Waals surface area contributed by atoms with Crippen LogP contribution in [0.3, 0.4) is 0 Å². The zero-order valence-corrected chi connectivity index (χ0v) is 15.1. The third-order valence-corrected chi connectivity index (χ3v) is 5.23. The van der Waals surface area contributed by atoms with Crippen molar-refractivity contribution in [2.45, 2.75) is 12.8 Å². The average Bonchev–Trinajstić information content (AvgIpc) is 2.59. The molecule has 1 heterocycles. The van der Waals surface area contributed by atoms with Gasteiger partial charge in [-0.05, 0) is 37.0 Å². The number of ether oxygens (including phenoxy) is 1. The highest BCUT2D eigenvalue weighted by atomic mass is 35.5. The minimum atomic E-state index is -3.45. The van der Waals surface area contributed by atoms with Crippen molar-refractivity contribution in [2.75, 3.05) is 26.7 Å². The first kappa shape index (κ1) is 18.8. The van der Waals surface area contributed by atoms with Gasteiger partial charge >= 0.3 is 0 Å². The summed E-state index contributed by atoms with van der Waals surface area (Å²) in [5.74, 6) is 0.368. The number of rotatable bonds is 6. The van der Waals surface area contributed by atoms with E-state index in [9.17, 15) is 13.2 Å². The normalized spacial score (nSPS) is 18.2. The van der Waals surface area contributed by atoms with Crippen LogP contribution in [0.4, 0.5) is 0 Å². The Kier molecular flexibility index (Phi) is 6.26. The lowest BCUT2D eigenvalue weighted by Gasteiger charge is -2.33. The first-order chi connectivity index (χ1) is 11.4. The SMILES string of the molecule is C=CS(=O)(=O)NCC1CCCN(C(=O)c2cc(Cl)ccc2OC)C1. The summed E-state index contributed by atoms with van der Waals surface area (Å²) in [6.45, 7) is 4.65. The molecule has 1 fully saturated rings. The third kappa shape index (κ3) is 4.72. The maximum atomic E-state index is 12.8. The molecule has 1 N–H and O–H groups in total. The van der Waals surface area contributed by atoms with Gasteiger partial charge in [-0.2, -0.15) is 0 Å². The Balaban J connectivity index is 2.08. The molecule has 24 heavy (non-hydrogen) atoms. The van der Waals surface area contributed by atoms with Gasteiger partial charge in [0.1, 0.15) is 5.75 Å². The van der Waals surface area contributed by atoms with E-state index in [-0.39, 0.29) is 18.4 Å². The van der Waals surface area contributed by atoms with Crippen molar-refractivity contribution in [1.82, 2.24) is 9.62 Å². The molecular weight excluding hydrogens is 352 g/mol. The summed E-state index contributed by atoms with van der Waals surface area (Å²) >= 11 is 5.99. The van der Waals surface area contributed by atoms with E-state index in [1.165, 1.54) is 7.11 Å². The summed E-state index contributed by atoms with van der Waals surface area (Å²) < 4.78 is 30.6. The number of likely N-dealkylation sites (tertiary alicyclic amines) is 1. The van der Waals surface area contributed by atoms with Crippen LogP contribution in [-0.4, -0.2) is 46.0 Å². The van der Waals surface area contributed by atoms with Crippen LogP contribution in [0.5, 0.6) is 5.75 Å². The molecule has 0 aliphatic carbocycles. The van der Waals surface area contributed by atoms with Crippen molar-refractivity contribution in [3.63, 3.8) is 0 Å². The van der Waals surface area contributed by atoms with E-state index in [4.69, 9.17) is 16.3 Å².